The van der Waals surface area contributed by atoms with Crippen LogP contribution in [0.1, 0.15) is 36.5 Å². The molecule has 2 aromatic carbocycles. The summed E-state index contributed by atoms with van der Waals surface area (Å²) < 4.78 is 5.64. The molecule has 0 saturated heterocycles. The molecule has 2 unspecified atom stereocenters. The van der Waals surface area contributed by atoms with Gasteiger partial charge in [0.15, 0.2) is 11.4 Å². The van der Waals surface area contributed by atoms with Crippen LogP contribution in [0.2, 0.25) is 0 Å². The summed E-state index contributed by atoms with van der Waals surface area (Å²) in [4.78, 5) is 38.6. The van der Waals surface area contributed by atoms with Gasteiger partial charge in [-0.2, -0.15) is 0 Å². The average Bonchev–Trinajstić information content (AvgIpc) is 2.86. The number of aromatic hydroxyl groups is 1. The summed E-state index contributed by atoms with van der Waals surface area (Å²) in [5.41, 5.74) is 11.3. The van der Waals surface area contributed by atoms with Crippen molar-refractivity contribution in [3.05, 3.63) is 52.6 Å². The Kier molecular flexibility index (Phi) is 6.29. The Morgan fingerprint density at radius 2 is 1.89 bits per heavy atom. The van der Waals surface area contributed by atoms with E-state index in [1.807, 2.05) is 19.1 Å². The molecule has 38 heavy (non-hydrogen) atoms. The topological polar surface area (TPSA) is 193 Å². The van der Waals surface area contributed by atoms with E-state index in [9.17, 15) is 34.8 Å². The van der Waals surface area contributed by atoms with Crippen molar-refractivity contribution in [3.63, 3.8) is 0 Å². The normalized spacial score (nSPS) is 28.4. The number of phenolic OH excluding ortho intramolecular Hbond substituents is 1. The van der Waals surface area contributed by atoms with Crippen molar-refractivity contribution in [2.24, 2.45) is 29.2 Å². The van der Waals surface area contributed by atoms with E-state index in [-0.39, 0.29) is 42.7 Å². The molecule has 2 saturated carbocycles. The van der Waals surface area contributed by atoms with Crippen LogP contribution in [0.3, 0.4) is 0 Å². The Labute approximate surface area is 218 Å². The second-order valence-electron chi connectivity index (χ2n) is 10.2. The molecule has 10 heteroatoms. The van der Waals surface area contributed by atoms with Gasteiger partial charge in [-0.05, 0) is 67.0 Å². The van der Waals surface area contributed by atoms with E-state index in [1.165, 1.54) is 6.07 Å². The molecule has 0 radical (unpaired) electrons. The second-order valence-corrected chi connectivity index (χ2v) is 10.2. The lowest BCUT2D eigenvalue weighted by molar-refractivity contribution is -0.174. The van der Waals surface area contributed by atoms with Crippen LogP contribution in [0.5, 0.6) is 11.5 Å². The lowest BCUT2D eigenvalue weighted by atomic mass is 9.56. The molecule has 10 nitrogen and oxygen atoms in total. The fourth-order valence-electron chi connectivity index (χ4n) is 6.40. The zero-order valence-corrected chi connectivity index (χ0v) is 20.8. The Balaban J connectivity index is 1.64. The fourth-order valence-corrected chi connectivity index (χ4v) is 6.40. The molecule has 1 amide bonds. The van der Waals surface area contributed by atoms with Crippen LogP contribution in [0.15, 0.2) is 35.9 Å². The molecule has 3 aliphatic carbocycles. The van der Waals surface area contributed by atoms with E-state index in [1.54, 1.807) is 12.1 Å². The molecular weight excluding hydrogens is 492 g/mol. The van der Waals surface area contributed by atoms with E-state index in [2.05, 4.69) is 0 Å². The van der Waals surface area contributed by atoms with Crippen LogP contribution in [-0.4, -0.2) is 56.2 Å². The lowest BCUT2D eigenvalue weighted by Crippen LogP contribution is -2.66. The minimum Gasteiger partial charge on any atom is -0.507 e. The number of Topliss-reactive ketones (excluding diaryl/α,β-unsaturated/α-hetero) is 2. The number of amides is 1. The van der Waals surface area contributed by atoms with Crippen LogP contribution in [0.4, 0.5) is 0 Å². The van der Waals surface area contributed by atoms with Gasteiger partial charge >= 0.3 is 0 Å². The van der Waals surface area contributed by atoms with E-state index < -0.39 is 52.7 Å². The van der Waals surface area contributed by atoms with Crippen LogP contribution >= 0.6 is 0 Å². The molecule has 0 aliphatic heterocycles. The number of carbonyl (C=O) groups excluding carboxylic acids is 3. The van der Waals surface area contributed by atoms with Crippen molar-refractivity contribution in [3.8, 4) is 22.6 Å². The Hall–Kier alpha value is -3.73. The minimum absolute atomic E-state index is 0.0436. The largest absolute Gasteiger partial charge is 0.507 e. The summed E-state index contributed by atoms with van der Waals surface area (Å²) in [5, 5.41) is 43.8. The average molecular weight is 523 g/mol. The summed E-state index contributed by atoms with van der Waals surface area (Å²) in [7, 11) is 0. The van der Waals surface area contributed by atoms with Crippen LogP contribution < -0.4 is 16.2 Å². The quantitative estimate of drug-likeness (QED) is 0.312. The predicted molar refractivity (Wildman–Crippen MR) is 136 cm³/mol. The smallest absolute Gasteiger partial charge is 0.230 e. The number of aliphatic hydroxyl groups excluding tert-OH is 2. The van der Waals surface area contributed by atoms with Crippen molar-refractivity contribution in [1.29, 1.82) is 0 Å². The van der Waals surface area contributed by atoms with Crippen LogP contribution in [-0.2, 0) is 27.3 Å². The molecule has 2 fully saturated rings. The van der Waals surface area contributed by atoms with E-state index in [4.69, 9.17) is 16.2 Å². The molecule has 8 N–H and O–H groups in total. The maximum absolute atomic E-state index is 13.6. The third-order valence-corrected chi connectivity index (χ3v) is 8.16. The molecule has 2 aromatic rings. The van der Waals surface area contributed by atoms with Crippen molar-refractivity contribution < 1.29 is 39.5 Å². The van der Waals surface area contributed by atoms with Crippen molar-refractivity contribution >= 4 is 23.2 Å². The monoisotopic (exact) mass is 522 g/mol. The summed E-state index contributed by atoms with van der Waals surface area (Å²) in [5.74, 6) is -6.74. The van der Waals surface area contributed by atoms with Gasteiger partial charge in [-0.1, -0.05) is 12.1 Å². The standard InChI is InChI=1S/C28H30N2O8/c1-2-38-20-6-3-12(7-14(20)11-29)16-4-5-18(31)22-17(16)9-13-8-15-10-19(32)23(27(30)36)26(35)28(15,37)25(34)21(13)24(22)33/h3-7,13,15,19,23,31-33,37H,2,8-11,29H2,1H3,(H2,30,36)/t13-,15+,19?,23?,28+/m1/s1. The maximum atomic E-state index is 13.6. The molecule has 0 aromatic heterocycles. The van der Waals surface area contributed by atoms with Gasteiger partial charge < -0.3 is 36.6 Å². The van der Waals surface area contributed by atoms with Gasteiger partial charge in [0.1, 0.15) is 23.2 Å². The predicted octanol–water partition coefficient (Wildman–Crippen LogP) is 1.11. The van der Waals surface area contributed by atoms with Crippen molar-refractivity contribution in [1.82, 2.24) is 0 Å². The number of carbonyl (C=O) groups is 3. The van der Waals surface area contributed by atoms with Gasteiger partial charge in [0.25, 0.3) is 0 Å². The highest BCUT2D eigenvalue weighted by Gasteiger charge is 2.63. The number of primary amides is 1. The number of rotatable bonds is 5. The first-order valence-electron chi connectivity index (χ1n) is 12.6. The molecular formula is C28H30N2O8. The van der Waals surface area contributed by atoms with Crippen molar-refractivity contribution in [2.45, 2.75) is 44.4 Å². The highest BCUT2D eigenvalue weighted by molar-refractivity contribution is 6.24. The van der Waals surface area contributed by atoms with Crippen LogP contribution in [0, 0.1) is 17.8 Å². The highest BCUT2D eigenvalue weighted by Crippen LogP contribution is 2.52. The molecule has 0 heterocycles. The van der Waals surface area contributed by atoms with Gasteiger partial charge in [-0.3, -0.25) is 14.4 Å². The summed E-state index contributed by atoms with van der Waals surface area (Å²) in [6.07, 6.45) is -1.27. The molecule has 0 spiro atoms. The first-order valence-corrected chi connectivity index (χ1v) is 12.6. The van der Waals surface area contributed by atoms with Crippen LogP contribution in [0.25, 0.3) is 16.9 Å². The van der Waals surface area contributed by atoms with E-state index in [0.29, 0.717) is 23.5 Å². The van der Waals surface area contributed by atoms with E-state index >= 15 is 0 Å². The first-order chi connectivity index (χ1) is 18.0. The SMILES string of the molecule is CCOc1ccc(-c2ccc(O)c3c2C[C@H]2C[C@H]4CC(O)C(C(N)=O)C(=O)[C@@]4(O)C(=O)C2=C3O)cc1CN. The first kappa shape index (κ1) is 25.9. The molecule has 5 rings (SSSR count). The Bertz CT molecular complexity index is 1400. The molecule has 0 bridgehead atoms. The number of phenols is 1. The lowest BCUT2D eigenvalue weighted by Gasteiger charge is -2.48. The van der Waals surface area contributed by atoms with Crippen molar-refractivity contribution in [2.75, 3.05) is 6.61 Å². The Morgan fingerprint density at radius 3 is 2.55 bits per heavy atom. The number of hydrogen-bond donors (Lipinski definition) is 6. The molecule has 3 aliphatic rings. The zero-order chi connectivity index (χ0) is 27.5. The van der Waals surface area contributed by atoms with Gasteiger partial charge in [-0.25, -0.2) is 0 Å². The fraction of sp³-hybridized carbons (Fsp3) is 0.393. The highest BCUT2D eigenvalue weighted by atomic mass is 16.5. The molecule has 5 atom stereocenters. The third kappa shape index (κ3) is 3.63. The number of ether oxygens (including phenoxy) is 1. The number of benzene rings is 2. The number of ketones is 2. The molecule has 200 valence electrons. The van der Waals surface area contributed by atoms with Gasteiger partial charge in [0.05, 0.1) is 18.3 Å². The number of nitrogens with two attached hydrogens (primary N) is 2. The van der Waals surface area contributed by atoms with Gasteiger partial charge in [0, 0.05) is 23.6 Å². The number of hydrogen-bond acceptors (Lipinski definition) is 9. The van der Waals surface area contributed by atoms with Gasteiger partial charge in [-0.15, -0.1) is 0 Å². The number of fused-ring (bicyclic) bond motifs is 3. The second kappa shape index (κ2) is 9.23. The number of aliphatic hydroxyl groups is 3. The maximum Gasteiger partial charge on any atom is 0.230 e. The Morgan fingerprint density at radius 1 is 1.16 bits per heavy atom. The third-order valence-electron chi connectivity index (χ3n) is 8.16. The van der Waals surface area contributed by atoms with Gasteiger partial charge in [0.2, 0.25) is 11.7 Å². The zero-order valence-electron chi connectivity index (χ0n) is 20.8. The summed E-state index contributed by atoms with van der Waals surface area (Å²) >= 11 is 0. The summed E-state index contributed by atoms with van der Waals surface area (Å²) in [6, 6.07) is 8.64. The van der Waals surface area contributed by atoms with E-state index in [0.717, 1.165) is 11.1 Å². The summed E-state index contributed by atoms with van der Waals surface area (Å²) in [6.45, 7) is 2.58. The minimum atomic E-state index is -2.60.